The molecule has 0 unspecified atom stereocenters. The normalized spacial score (nSPS) is 10.3. The molecule has 3 rings (SSSR count). The summed E-state index contributed by atoms with van der Waals surface area (Å²) >= 11 is 1.02. The van der Waals surface area contributed by atoms with Crippen molar-refractivity contribution in [2.45, 2.75) is 6.92 Å². The average Bonchev–Trinajstić information content (AvgIpc) is 3.06. The molecule has 0 radical (unpaired) electrons. The first-order chi connectivity index (χ1) is 13.8. The number of aromatic nitrogens is 1. The van der Waals surface area contributed by atoms with Crippen molar-refractivity contribution in [3.8, 4) is 0 Å². The van der Waals surface area contributed by atoms with Gasteiger partial charge in [0.1, 0.15) is 10.8 Å². The summed E-state index contributed by atoms with van der Waals surface area (Å²) in [5.74, 6) is -1.88. The molecule has 8 nitrogen and oxygen atoms in total. The largest absolute Gasteiger partial charge is 0.364 e. The van der Waals surface area contributed by atoms with Crippen LogP contribution in [0, 0.1) is 5.82 Å². The number of halogens is 1. The van der Waals surface area contributed by atoms with Crippen molar-refractivity contribution in [2.24, 2.45) is 5.73 Å². The Bertz CT molecular complexity index is 1060. The van der Waals surface area contributed by atoms with Crippen molar-refractivity contribution >= 4 is 50.6 Å². The number of hydrogen-bond donors (Lipinski definition) is 4. The summed E-state index contributed by atoms with van der Waals surface area (Å²) in [4.78, 5) is 39.3. The van der Waals surface area contributed by atoms with E-state index in [0.717, 1.165) is 11.3 Å². The first-order valence-electron chi connectivity index (χ1n) is 8.34. The summed E-state index contributed by atoms with van der Waals surface area (Å²) in [6.45, 7) is 1.38. The topological polar surface area (TPSA) is 126 Å². The van der Waals surface area contributed by atoms with Gasteiger partial charge in [0.25, 0.3) is 11.8 Å². The smallest absolute Gasteiger partial charge is 0.270 e. The molecular weight excluding hydrogens is 397 g/mol. The monoisotopic (exact) mass is 413 g/mol. The van der Waals surface area contributed by atoms with E-state index in [1.165, 1.54) is 43.3 Å². The fraction of sp³-hybridized carbons (Fsp3) is 0.0526. The molecule has 0 aliphatic heterocycles. The molecule has 2 aromatic carbocycles. The number of primary amides is 1. The zero-order valence-electron chi connectivity index (χ0n) is 15.2. The molecule has 0 spiro atoms. The van der Waals surface area contributed by atoms with Gasteiger partial charge in [0.15, 0.2) is 10.8 Å². The Morgan fingerprint density at radius 3 is 2.17 bits per heavy atom. The molecule has 29 heavy (non-hydrogen) atoms. The summed E-state index contributed by atoms with van der Waals surface area (Å²) in [7, 11) is 0. The van der Waals surface area contributed by atoms with Gasteiger partial charge in [-0.05, 0) is 48.5 Å². The van der Waals surface area contributed by atoms with E-state index in [2.05, 4.69) is 20.9 Å². The molecular formula is C19H16FN5O3S. The summed E-state index contributed by atoms with van der Waals surface area (Å²) < 4.78 is 13.0. The quantitative estimate of drug-likeness (QED) is 0.493. The highest BCUT2D eigenvalue weighted by Crippen LogP contribution is 2.31. The lowest BCUT2D eigenvalue weighted by Gasteiger charge is -2.05. The summed E-state index contributed by atoms with van der Waals surface area (Å²) in [6.07, 6.45) is 0. The van der Waals surface area contributed by atoms with Crippen molar-refractivity contribution in [3.63, 3.8) is 0 Å². The van der Waals surface area contributed by atoms with Crippen molar-refractivity contribution in [2.75, 3.05) is 16.0 Å². The van der Waals surface area contributed by atoms with Crippen LogP contribution in [0.4, 0.5) is 25.9 Å². The van der Waals surface area contributed by atoms with E-state index in [-0.39, 0.29) is 22.4 Å². The van der Waals surface area contributed by atoms with E-state index in [0.29, 0.717) is 22.1 Å². The summed E-state index contributed by atoms with van der Waals surface area (Å²) in [6, 6.07) is 11.8. The number of thiazole rings is 1. The van der Waals surface area contributed by atoms with Crippen molar-refractivity contribution in [1.82, 2.24) is 4.98 Å². The van der Waals surface area contributed by atoms with Crippen LogP contribution in [0.1, 0.15) is 27.8 Å². The minimum atomic E-state index is -0.801. The van der Waals surface area contributed by atoms with Gasteiger partial charge >= 0.3 is 0 Å². The Hall–Kier alpha value is -3.79. The number of amides is 3. The number of carbonyl (C=O) groups excluding carboxylic acids is 3. The Morgan fingerprint density at radius 1 is 0.966 bits per heavy atom. The van der Waals surface area contributed by atoms with Gasteiger partial charge in [0, 0.05) is 23.9 Å². The molecule has 3 aromatic rings. The maximum absolute atomic E-state index is 13.0. The second-order valence-corrected chi connectivity index (χ2v) is 6.90. The van der Waals surface area contributed by atoms with E-state index >= 15 is 0 Å². The Morgan fingerprint density at radius 2 is 1.59 bits per heavy atom. The van der Waals surface area contributed by atoms with Crippen LogP contribution in [0.15, 0.2) is 48.5 Å². The summed E-state index contributed by atoms with van der Waals surface area (Å²) in [5.41, 5.74) is 6.69. The highest BCUT2D eigenvalue weighted by atomic mass is 32.1. The SMILES string of the molecule is CC(=O)Nc1ccc(C(=O)Nc2sc(Nc3ccc(F)cc3)nc2C(N)=O)cc1. The molecule has 3 amide bonds. The lowest BCUT2D eigenvalue weighted by Crippen LogP contribution is -2.17. The van der Waals surface area contributed by atoms with Gasteiger partial charge < -0.3 is 21.7 Å². The maximum Gasteiger partial charge on any atom is 0.270 e. The van der Waals surface area contributed by atoms with Crippen LogP contribution >= 0.6 is 11.3 Å². The maximum atomic E-state index is 13.0. The van der Waals surface area contributed by atoms with Crippen LogP contribution < -0.4 is 21.7 Å². The fourth-order valence-corrected chi connectivity index (χ4v) is 3.25. The van der Waals surface area contributed by atoms with E-state index in [4.69, 9.17) is 5.73 Å². The van der Waals surface area contributed by atoms with Crippen LogP contribution in [-0.2, 0) is 4.79 Å². The minimum absolute atomic E-state index is 0.0946. The minimum Gasteiger partial charge on any atom is -0.364 e. The molecule has 0 bridgehead atoms. The predicted molar refractivity (Wildman–Crippen MR) is 109 cm³/mol. The molecule has 0 saturated heterocycles. The van der Waals surface area contributed by atoms with Gasteiger partial charge in [-0.15, -0.1) is 0 Å². The zero-order valence-corrected chi connectivity index (χ0v) is 16.0. The van der Waals surface area contributed by atoms with Gasteiger partial charge in [0.2, 0.25) is 5.91 Å². The third kappa shape index (κ3) is 5.14. The van der Waals surface area contributed by atoms with Gasteiger partial charge in [-0.25, -0.2) is 9.37 Å². The number of nitrogens with two attached hydrogens (primary N) is 1. The lowest BCUT2D eigenvalue weighted by atomic mass is 10.2. The highest BCUT2D eigenvalue weighted by Gasteiger charge is 2.19. The van der Waals surface area contributed by atoms with Crippen LogP contribution in [0.5, 0.6) is 0 Å². The van der Waals surface area contributed by atoms with Crippen LogP contribution in [0.25, 0.3) is 0 Å². The number of carbonyl (C=O) groups is 3. The molecule has 10 heteroatoms. The lowest BCUT2D eigenvalue weighted by molar-refractivity contribution is -0.114. The third-order valence-electron chi connectivity index (χ3n) is 3.65. The van der Waals surface area contributed by atoms with Crippen LogP contribution in [0.2, 0.25) is 0 Å². The molecule has 0 aliphatic carbocycles. The molecule has 0 atom stereocenters. The molecule has 148 valence electrons. The molecule has 5 N–H and O–H groups in total. The second-order valence-electron chi connectivity index (χ2n) is 5.91. The van der Waals surface area contributed by atoms with E-state index in [9.17, 15) is 18.8 Å². The number of anilines is 4. The van der Waals surface area contributed by atoms with E-state index in [1.54, 1.807) is 12.1 Å². The number of nitrogens with zero attached hydrogens (tertiary/aromatic N) is 1. The second kappa shape index (κ2) is 8.48. The Balaban J connectivity index is 1.77. The van der Waals surface area contributed by atoms with Gasteiger partial charge in [0.05, 0.1) is 0 Å². The average molecular weight is 413 g/mol. The first-order valence-corrected chi connectivity index (χ1v) is 9.15. The third-order valence-corrected chi connectivity index (χ3v) is 4.54. The van der Waals surface area contributed by atoms with Crippen molar-refractivity contribution in [3.05, 3.63) is 65.6 Å². The van der Waals surface area contributed by atoms with Gasteiger partial charge in [-0.3, -0.25) is 14.4 Å². The molecule has 1 aromatic heterocycles. The predicted octanol–water partition coefficient (Wildman–Crippen LogP) is 3.34. The van der Waals surface area contributed by atoms with Crippen LogP contribution in [0.3, 0.4) is 0 Å². The highest BCUT2D eigenvalue weighted by molar-refractivity contribution is 7.20. The van der Waals surface area contributed by atoms with E-state index < -0.39 is 11.8 Å². The number of nitrogens with one attached hydrogen (secondary N) is 3. The number of benzene rings is 2. The van der Waals surface area contributed by atoms with Crippen LogP contribution in [-0.4, -0.2) is 22.7 Å². The van der Waals surface area contributed by atoms with Crippen molar-refractivity contribution in [1.29, 1.82) is 0 Å². The fourth-order valence-electron chi connectivity index (χ4n) is 2.37. The molecule has 0 saturated carbocycles. The molecule has 0 fully saturated rings. The molecule has 1 heterocycles. The molecule has 0 aliphatic rings. The number of hydrogen-bond acceptors (Lipinski definition) is 6. The first kappa shape index (κ1) is 20.0. The van der Waals surface area contributed by atoms with Gasteiger partial charge in [-0.1, -0.05) is 11.3 Å². The summed E-state index contributed by atoms with van der Waals surface area (Å²) in [5, 5.41) is 8.63. The van der Waals surface area contributed by atoms with E-state index in [1.807, 2.05) is 0 Å². The number of rotatable bonds is 6. The standard InChI is InChI=1S/C19H16FN5O3S/c1-10(26)22-13-6-2-11(3-7-13)17(28)25-18-15(16(21)27)24-19(29-18)23-14-8-4-12(20)5-9-14/h2-9H,1H3,(H2,21,27)(H,22,26)(H,23,24)(H,25,28). The van der Waals surface area contributed by atoms with Gasteiger partial charge in [-0.2, -0.15) is 0 Å². The zero-order chi connectivity index (χ0) is 21.0. The Labute approximate surface area is 169 Å². The van der Waals surface area contributed by atoms with Crippen molar-refractivity contribution < 1.29 is 18.8 Å². The Kier molecular flexibility index (Phi) is 5.84.